The summed E-state index contributed by atoms with van der Waals surface area (Å²) in [6.07, 6.45) is 0. The maximum atomic E-state index is 13.0. The summed E-state index contributed by atoms with van der Waals surface area (Å²) in [6, 6.07) is 15.7. The van der Waals surface area contributed by atoms with Gasteiger partial charge in [-0.3, -0.25) is 0 Å². The van der Waals surface area contributed by atoms with Gasteiger partial charge in [0.05, 0.1) is 20.8 Å². The van der Waals surface area contributed by atoms with Crippen molar-refractivity contribution in [1.29, 1.82) is 0 Å². The molecule has 3 aromatic rings. The quantitative estimate of drug-likeness (QED) is 0.641. The maximum Gasteiger partial charge on any atom is 0.134 e. The molecule has 0 aliphatic heterocycles. The average Bonchev–Trinajstić information content (AvgIpc) is 3.11. The van der Waals surface area contributed by atoms with Crippen LogP contribution in [0.5, 0.6) is 11.5 Å². The van der Waals surface area contributed by atoms with Crippen molar-refractivity contribution in [3.05, 3.63) is 71.7 Å². The van der Waals surface area contributed by atoms with Crippen LogP contribution in [0.1, 0.15) is 11.3 Å². The molecule has 0 saturated heterocycles. The van der Waals surface area contributed by atoms with Gasteiger partial charge in [-0.1, -0.05) is 0 Å². The number of hydrogen-bond donors (Lipinski definition) is 1. The molecule has 26 heavy (non-hydrogen) atoms. The monoisotopic (exact) mass is 377 g/mol. The van der Waals surface area contributed by atoms with Crippen LogP contribution in [0.3, 0.4) is 0 Å². The molecule has 0 atom stereocenters. The van der Waals surface area contributed by atoms with E-state index in [9.17, 15) is 4.39 Å². The summed E-state index contributed by atoms with van der Waals surface area (Å²) >= 11 is 0. The van der Waals surface area contributed by atoms with Crippen LogP contribution in [-0.2, 0) is 13.1 Å². The molecule has 0 spiro atoms. The van der Waals surface area contributed by atoms with Crippen molar-refractivity contribution in [3.8, 4) is 22.8 Å². The van der Waals surface area contributed by atoms with Crippen molar-refractivity contribution in [1.82, 2.24) is 5.32 Å². The van der Waals surface area contributed by atoms with Gasteiger partial charge in [-0.25, -0.2) is 4.39 Å². The van der Waals surface area contributed by atoms with Crippen LogP contribution in [-0.4, -0.2) is 14.2 Å². The summed E-state index contributed by atoms with van der Waals surface area (Å²) < 4.78 is 29.4. The van der Waals surface area contributed by atoms with Gasteiger partial charge >= 0.3 is 0 Å². The first-order valence-electron chi connectivity index (χ1n) is 7.96. The molecule has 0 saturated carbocycles. The number of halogens is 2. The minimum Gasteiger partial charge on any atom is -0.497 e. The fourth-order valence-electron chi connectivity index (χ4n) is 2.58. The number of furan rings is 1. The lowest BCUT2D eigenvalue weighted by molar-refractivity contribution is 0.396. The SMILES string of the molecule is COc1ccc(OC)c(CNCc2ccc(-c3ccc(F)cc3)o2)c1.Cl. The van der Waals surface area contributed by atoms with Gasteiger partial charge in [0.1, 0.15) is 28.8 Å². The average molecular weight is 378 g/mol. The first-order valence-corrected chi connectivity index (χ1v) is 7.96. The molecule has 138 valence electrons. The molecule has 0 unspecified atom stereocenters. The summed E-state index contributed by atoms with van der Waals surface area (Å²) in [7, 11) is 3.28. The third-order valence-electron chi connectivity index (χ3n) is 3.89. The third kappa shape index (κ3) is 4.77. The van der Waals surface area contributed by atoms with Crippen LogP contribution in [0, 0.1) is 5.82 Å². The Hall–Kier alpha value is -2.50. The van der Waals surface area contributed by atoms with E-state index in [1.54, 1.807) is 26.4 Å². The van der Waals surface area contributed by atoms with E-state index < -0.39 is 0 Å². The number of nitrogens with one attached hydrogen (secondary N) is 1. The Morgan fingerprint density at radius 2 is 1.69 bits per heavy atom. The summed E-state index contributed by atoms with van der Waals surface area (Å²) in [5.41, 5.74) is 1.86. The highest BCUT2D eigenvalue weighted by molar-refractivity contribution is 5.85. The molecule has 1 N–H and O–H groups in total. The van der Waals surface area contributed by atoms with E-state index in [0.29, 0.717) is 13.1 Å². The molecular formula is C20H21ClFNO3. The van der Waals surface area contributed by atoms with Gasteiger partial charge in [0.15, 0.2) is 0 Å². The van der Waals surface area contributed by atoms with E-state index in [1.165, 1.54) is 12.1 Å². The van der Waals surface area contributed by atoms with Crippen molar-refractivity contribution in [2.24, 2.45) is 0 Å². The fourth-order valence-corrected chi connectivity index (χ4v) is 2.58. The van der Waals surface area contributed by atoms with Crippen molar-refractivity contribution < 1.29 is 18.3 Å². The summed E-state index contributed by atoms with van der Waals surface area (Å²) in [4.78, 5) is 0. The van der Waals surface area contributed by atoms with E-state index in [-0.39, 0.29) is 18.2 Å². The Balaban J connectivity index is 0.00000243. The lowest BCUT2D eigenvalue weighted by atomic mass is 10.2. The molecule has 0 fully saturated rings. The minimum atomic E-state index is -0.260. The fraction of sp³-hybridized carbons (Fsp3) is 0.200. The van der Waals surface area contributed by atoms with Crippen LogP contribution in [0.2, 0.25) is 0 Å². The standard InChI is InChI=1S/C20H20FNO3.ClH/c1-23-17-7-9-19(24-2)15(11-17)12-22-13-18-8-10-20(25-18)14-3-5-16(21)6-4-14;/h3-11,22H,12-13H2,1-2H3;1H. The molecule has 1 heterocycles. The summed E-state index contributed by atoms with van der Waals surface area (Å²) in [5.74, 6) is 2.86. The zero-order chi connectivity index (χ0) is 17.6. The third-order valence-corrected chi connectivity index (χ3v) is 3.89. The maximum absolute atomic E-state index is 13.0. The zero-order valence-electron chi connectivity index (χ0n) is 14.6. The number of methoxy groups -OCH3 is 2. The predicted octanol–water partition coefficient (Wildman–Crippen LogP) is 4.81. The van der Waals surface area contributed by atoms with Gasteiger partial charge < -0.3 is 19.2 Å². The largest absolute Gasteiger partial charge is 0.497 e. The van der Waals surface area contributed by atoms with E-state index in [0.717, 1.165) is 34.1 Å². The minimum absolute atomic E-state index is 0. The van der Waals surface area contributed by atoms with Crippen LogP contribution in [0.4, 0.5) is 4.39 Å². The van der Waals surface area contributed by atoms with E-state index in [4.69, 9.17) is 13.9 Å². The molecule has 0 bridgehead atoms. The molecular weight excluding hydrogens is 357 g/mol. The molecule has 0 radical (unpaired) electrons. The van der Waals surface area contributed by atoms with Crippen molar-refractivity contribution in [3.63, 3.8) is 0 Å². The Morgan fingerprint density at radius 3 is 2.38 bits per heavy atom. The lowest BCUT2D eigenvalue weighted by Crippen LogP contribution is -2.13. The van der Waals surface area contributed by atoms with Crippen LogP contribution in [0.15, 0.2) is 59.0 Å². The van der Waals surface area contributed by atoms with Crippen molar-refractivity contribution >= 4 is 12.4 Å². The normalized spacial score (nSPS) is 10.3. The highest BCUT2D eigenvalue weighted by Crippen LogP contribution is 2.25. The Bertz CT molecular complexity index is 833. The number of rotatable bonds is 7. The van der Waals surface area contributed by atoms with Crippen molar-refractivity contribution in [2.45, 2.75) is 13.1 Å². The van der Waals surface area contributed by atoms with Gasteiger partial charge in [0, 0.05) is 17.7 Å². The van der Waals surface area contributed by atoms with Gasteiger partial charge in [-0.2, -0.15) is 0 Å². The van der Waals surface area contributed by atoms with Gasteiger partial charge in [-0.05, 0) is 54.6 Å². The molecule has 1 aromatic heterocycles. The zero-order valence-corrected chi connectivity index (χ0v) is 15.4. The van der Waals surface area contributed by atoms with Gasteiger partial charge in [-0.15, -0.1) is 12.4 Å². The molecule has 6 heteroatoms. The summed E-state index contributed by atoms with van der Waals surface area (Å²) in [5, 5.41) is 3.33. The first-order chi connectivity index (χ1) is 12.2. The van der Waals surface area contributed by atoms with Crippen LogP contribution >= 0.6 is 12.4 Å². The van der Waals surface area contributed by atoms with Gasteiger partial charge in [0.2, 0.25) is 0 Å². The first kappa shape index (κ1) is 19.8. The second kappa shape index (κ2) is 9.27. The molecule has 3 rings (SSSR count). The second-order valence-corrected chi connectivity index (χ2v) is 5.55. The lowest BCUT2D eigenvalue weighted by Gasteiger charge is -2.11. The van der Waals surface area contributed by atoms with Crippen LogP contribution < -0.4 is 14.8 Å². The topological polar surface area (TPSA) is 43.6 Å². The highest BCUT2D eigenvalue weighted by atomic mass is 35.5. The smallest absolute Gasteiger partial charge is 0.134 e. The summed E-state index contributed by atoms with van der Waals surface area (Å²) in [6.45, 7) is 1.19. The van der Waals surface area contributed by atoms with Gasteiger partial charge in [0.25, 0.3) is 0 Å². The molecule has 4 nitrogen and oxygen atoms in total. The van der Waals surface area contributed by atoms with Crippen molar-refractivity contribution in [2.75, 3.05) is 14.2 Å². The molecule has 0 aliphatic rings. The number of benzene rings is 2. The number of ether oxygens (including phenoxy) is 2. The van der Waals surface area contributed by atoms with E-state index >= 15 is 0 Å². The molecule has 2 aromatic carbocycles. The highest BCUT2D eigenvalue weighted by Gasteiger charge is 2.07. The molecule has 0 amide bonds. The Kier molecular flexibility index (Phi) is 7.06. The van der Waals surface area contributed by atoms with E-state index in [1.807, 2.05) is 30.3 Å². The Labute approximate surface area is 158 Å². The number of hydrogen-bond acceptors (Lipinski definition) is 4. The predicted molar refractivity (Wildman–Crippen MR) is 101 cm³/mol. The Morgan fingerprint density at radius 1 is 0.923 bits per heavy atom. The van der Waals surface area contributed by atoms with E-state index in [2.05, 4.69) is 5.32 Å². The second-order valence-electron chi connectivity index (χ2n) is 5.55. The molecule has 0 aliphatic carbocycles. The van der Waals surface area contributed by atoms with Crippen LogP contribution in [0.25, 0.3) is 11.3 Å².